The lowest BCUT2D eigenvalue weighted by atomic mass is 9.99. The third kappa shape index (κ3) is 5.71. The van der Waals surface area contributed by atoms with Gasteiger partial charge in [0.05, 0.1) is 12.6 Å². The highest BCUT2D eigenvalue weighted by Gasteiger charge is 2.33. The minimum absolute atomic E-state index is 0.194. The van der Waals surface area contributed by atoms with Crippen LogP contribution in [0.25, 0.3) is 0 Å². The molecule has 1 atom stereocenters. The molecule has 0 saturated heterocycles. The first-order chi connectivity index (χ1) is 15.7. The highest BCUT2D eigenvalue weighted by atomic mass is 16.5. The number of aryl methyl sites for hydroxylation is 1. The van der Waals surface area contributed by atoms with Crippen molar-refractivity contribution in [1.29, 1.82) is 0 Å². The Morgan fingerprint density at radius 1 is 1.06 bits per heavy atom. The molecule has 0 aliphatic rings. The number of carbonyl (C=O) groups excluding carboxylic acids is 3. The van der Waals surface area contributed by atoms with E-state index in [1.807, 2.05) is 37.5 Å². The monoisotopic (exact) mass is 456 g/mol. The first-order valence-electron chi connectivity index (χ1n) is 11.5. The van der Waals surface area contributed by atoms with Gasteiger partial charge in [0.1, 0.15) is 5.69 Å². The van der Waals surface area contributed by atoms with Gasteiger partial charge in [-0.25, -0.2) is 4.79 Å². The molecule has 1 amide bonds. The third-order valence-corrected chi connectivity index (χ3v) is 5.95. The summed E-state index contributed by atoms with van der Waals surface area (Å²) >= 11 is 0. The predicted octanol–water partition coefficient (Wildman–Crippen LogP) is 4.36. The number of benzene rings is 1. The molecule has 7 heteroatoms. The highest BCUT2D eigenvalue weighted by molar-refractivity contribution is 6.07. The maximum Gasteiger partial charge on any atom is 0.355 e. The van der Waals surface area contributed by atoms with Crippen molar-refractivity contribution in [2.24, 2.45) is 0 Å². The summed E-state index contributed by atoms with van der Waals surface area (Å²) in [5.74, 6) is -0.845. The minimum Gasteiger partial charge on any atom is -0.461 e. The van der Waals surface area contributed by atoms with Crippen molar-refractivity contribution in [3.63, 3.8) is 0 Å². The van der Waals surface area contributed by atoms with E-state index in [2.05, 4.69) is 0 Å². The molecule has 0 spiro atoms. The van der Waals surface area contributed by atoms with Crippen molar-refractivity contribution in [3.8, 4) is 0 Å². The van der Waals surface area contributed by atoms with Crippen molar-refractivity contribution in [2.45, 2.75) is 60.5 Å². The van der Waals surface area contributed by atoms with Crippen molar-refractivity contribution in [2.75, 3.05) is 26.9 Å². The second-order valence-electron chi connectivity index (χ2n) is 8.15. The van der Waals surface area contributed by atoms with Gasteiger partial charge < -0.3 is 18.9 Å². The first-order valence-corrected chi connectivity index (χ1v) is 11.5. The minimum atomic E-state index is -0.712. The summed E-state index contributed by atoms with van der Waals surface area (Å²) in [5.41, 5.74) is 3.74. The van der Waals surface area contributed by atoms with E-state index in [0.717, 1.165) is 5.56 Å². The van der Waals surface area contributed by atoms with Crippen LogP contribution >= 0.6 is 0 Å². The van der Waals surface area contributed by atoms with E-state index >= 15 is 0 Å². The highest BCUT2D eigenvalue weighted by Crippen LogP contribution is 2.26. The van der Waals surface area contributed by atoms with Gasteiger partial charge in [0, 0.05) is 43.6 Å². The summed E-state index contributed by atoms with van der Waals surface area (Å²) < 4.78 is 12.2. The molecule has 1 aromatic carbocycles. The molecule has 180 valence electrons. The number of amides is 1. The Morgan fingerprint density at radius 3 is 2.24 bits per heavy atom. The van der Waals surface area contributed by atoms with Crippen molar-refractivity contribution in [3.05, 3.63) is 57.9 Å². The van der Waals surface area contributed by atoms with Gasteiger partial charge in [-0.15, -0.1) is 0 Å². The van der Waals surface area contributed by atoms with E-state index < -0.39 is 12.0 Å². The largest absolute Gasteiger partial charge is 0.461 e. The fourth-order valence-electron chi connectivity index (χ4n) is 4.18. The molecular formula is C26H36N2O5. The quantitative estimate of drug-likeness (QED) is 0.285. The van der Waals surface area contributed by atoms with Crippen LogP contribution in [-0.2, 0) is 16.0 Å². The molecule has 1 heterocycles. The molecule has 1 aromatic heterocycles. The predicted molar refractivity (Wildman–Crippen MR) is 128 cm³/mol. The Bertz CT molecular complexity index is 991. The van der Waals surface area contributed by atoms with Crippen LogP contribution in [0.4, 0.5) is 0 Å². The van der Waals surface area contributed by atoms with Crippen LogP contribution in [0.5, 0.6) is 0 Å². The smallest absolute Gasteiger partial charge is 0.355 e. The van der Waals surface area contributed by atoms with E-state index in [0.29, 0.717) is 54.2 Å². The van der Waals surface area contributed by atoms with Crippen LogP contribution in [0.1, 0.15) is 75.2 Å². The second kappa shape index (κ2) is 11.8. The van der Waals surface area contributed by atoms with Crippen LogP contribution in [-0.4, -0.2) is 60.0 Å². The number of Topliss-reactive ketones (excluding diaryl/α,β-unsaturated/α-hetero) is 1. The number of hydrogen-bond acceptors (Lipinski definition) is 5. The summed E-state index contributed by atoms with van der Waals surface area (Å²) in [5, 5.41) is 0. The molecule has 0 aliphatic carbocycles. The maximum atomic E-state index is 13.7. The zero-order valence-electron chi connectivity index (χ0n) is 20.9. The number of hydrogen-bond donors (Lipinski definition) is 0. The summed E-state index contributed by atoms with van der Waals surface area (Å²) in [7, 11) is 1.61. The van der Waals surface area contributed by atoms with Gasteiger partial charge in [-0.3, -0.25) is 9.59 Å². The maximum absolute atomic E-state index is 13.7. The van der Waals surface area contributed by atoms with Gasteiger partial charge in [0.2, 0.25) is 0 Å². The van der Waals surface area contributed by atoms with Gasteiger partial charge in [0.25, 0.3) is 5.91 Å². The summed E-state index contributed by atoms with van der Waals surface area (Å²) in [6.45, 7) is 12.6. The van der Waals surface area contributed by atoms with Crippen molar-refractivity contribution in [1.82, 2.24) is 9.47 Å². The summed E-state index contributed by atoms with van der Waals surface area (Å²) in [4.78, 5) is 41.3. The average Bonchev–Trinajstić information content (AvgIpc) is 3.05. The van der Waals surface area contributed by atoms with Crippen LogP contribution in [0.3, 0.4) is 0 Å². The van der Waals surface area contributed by atoms with Crippen molar-refractivity contribution < 1.29 is 23.9 Å². The fraction of sp³-hybridized carbons (Fsp3) is 0.500. The molecule has 2 rings (SSSR count). The summed E-state index contributed by atoms with van der Waals surface area (Å²) in [6.07, 6.45) is 0.605. The SMILES string of the molecule is CCOC(=O)c1c(C)c(C(=O)C(C)N(CCCOC)C(=O)c2ccc(C)cc2)c(C)n1CC. The van der Waals surface area contributed by atoms with E-state index in [1.165, 1.54) is 0 Å². The van der Waals surface area contributed by atoms with Gasteiger partial charge in [-0.1, -0.05) is 17.7 Å². The summed E-state index contributed by atoms with van der Waals surface area (Å²) in [6, 6.07) is 6.61. The van der Waals surface area contributed by atoms with Gasteiger partial charge in [-0.05, 0) is 65.7 Å². The van der Waals surface area contributed by atoms with Gasteiger partial charge >= 0.3 is 5.97 Å². The zero-order valence-corrected chi connectivity index (χ0v) is 20.9. The Labute approximate surface area is 196 Å². The van der Waals surface area contributed by atoms with Gasteiger partial charge in [-0.2, -0.15) is 0 Å². The number of aromatic nitrogens is 1. The average molecular weight is 457 g/mol. The number of ketones is 1. The van der Waals surface area contributed by atoms with Crippen LogP contribution in [0.15, 0.2) is 24.3 Å². The van der Waals surface area contributed by atoms with E-state index in [9.17, 15) is 14.4 Å². The van der Waals surface area contributed by atoms with E-state index in [-0.39, 0.29) is 18.3 Å². The zero-order chi connectivity index (χ0) is 24.7. The van der Waals surface area contributed by atoms with E-state index in [4.69, 9.17) is 9.47 Å². The van der Waals surface area contributed by atoms with E-state index in [1.54, 1.807) is 44.9 Å². The number of nitrogens with zero attached hydrogens (tertiary/aromatic N) is 2. The van der Waals surface area contributed by atoms with Crippen LogP contribution in [0, 0.1) is 20.8 Å². The van der Waals surface area contributed by atoms with Crippen molar-refractivity contribution >= 4 is 17.7 Å². The topological polar surface area (TPSA) is 77.8 Å². The molecule has 1 unspecified atom stereocenters. The molecule has 33 heavy (non-hydrogen) atoms. The Balaban J connectivity index is 2.46. The second-order valence-corrected chi connectivity index (χ2v) is 8.15. The third-order valence-electron chi connectivity index (χ3n) is 5.95. The molecule has 0 saturated carbocycles. The number of ether oxygens (including phenoxy) is 2. The molecule has 0 radical (unpaired) electrons. The first kappa shape index (κ1) is 26.3. The molecule has 0 bridgehead atoms. The van der Waals surface area contributed by atoms with Gasteiger partial charge in [0.15, 0.2) is 5.78 Å². The Hall–Kier alpha value is -2.93. The number of rotatable bonds is 11. The normalized spacial score (nSPS) is 11.8. The lowest BCUT2D eigenvalue weighted by Crippen LogP contribution is -2.44. The number of esters is 1. The molecule has 7 nitrogen and oxygen atoms in total. The number of carbonyl (C=O) groups is 3. The Morgan fingerprint density at radius 2 is 1.70 bits per heavy atom. The van der Waals surface area contributed by atoms with Crippen LogP contribution in [0.2, 0.25) is 0 Å². The standard InChI is InChI=1S/C26H36N2O5/c1-8-27-19(5)22(18(4)23(27)26(31)33-9-2)24(29)20(6)28(15-10-16-32-7)25(30)21-13-11-17(3)12-14-21/h11-14,20H,8-10,15-16H2,1-7H3. The Kier molecular flexibility index (Phi) is 9.41. The molecule has 0 fully saturated rings. The van der Waals surface area contributed by atoms with Crippen LogP contribution < -0.4 is 0 Å². The molecule has 2 aromatic rings. The lowest BCUT2D eigenvalue weighted by Gasteiger charge is -2.29. The fourth-order valence-corrected chi connectivity index (χ4v) is 4.18. The number of methoxy groups -OCH3 is 1. The lowest BCUT2D eigenvalue weighted by molar-refractivity contribution is 0.0512. The molecular weight excluding hydrogens is 420 g/mol. The molecule has 0 N–H and O–H groups in total. The molecule has 0 aliphatic heterocycles.